The second kappa shape index (κ2) is 9.83. The molecule has 1 spiro atoms. The van der Waals surface area contributed by atoms with Crippen molar-refractivity contribution < 1.29 is 28.3 Å². The number of hydrogen-bond donors (Lipinski definition) is 2. The van der Waals surface area contributed by atoms with Crippen LogP contribution >= 0.6 is 0 Å². The number of hydrogen-bond acceptors (Lipinski definition) is 6. The number of carbonyl (C=O) groups excluding carboxylic acids is 4. The van der Waals surface area contributed by atoms with Crippen molar-refractivity contribution in [2.75, 3.05) is 11.9 Å². The number of carbonyl (C=O) groups is 4. The summed E-state index contributed by atoms with van der Waals surface area (Å²) in [6.07, 6.45) is 1.87. The number of amides is 4. The largest absolute Gasteiger partial charge is 0.427 e. The van der Waals surface area contributed by atoms with Crippen LogP contribution in [-0.2, 0) is 37.7 Å². The van der Waals surface area contributed by atoms with Gasteiger partial charge in [0.25, 0.3) is 5.91 Å². The lowest BCUT2D eigenvalue weighted by atomic mass is 9.94. The molecule has 1 saturated carbocycles. The Labute approximate surface area is 220 Å². The molecule has 38 heavy (non-hydrogen) atoms. The fourth-order valence-electron chi connectivity index (χ4n) is 5.29. The van der Waals surface area contributed by atoms with Crippen LogP contribution in [0.4, 0.5) is 14.9 Å². The first-order valence-electron chi connectivity index (χ1n) is 12.9. The van der Waals surface area contributed by atoms with Gasteiger partial charge in [-0.05, 0) is 74.4 Å². The van der Waals surface area contributed by atoms with Crippen molar-refractivity contribution in [2.24, 2.45) is 11.7 Å². The molecule has 2 aromatic carbocycles. The Balaban J connectivity index is 1.34. The quantitative estimate of drug-likeness (QED) is 0.550. The Hall–Kier alpha value is -3.79. The van der Waals surface area contributed by atoms with Crippen LogP contribution in [0.25, 0.3) is 0 Å². The molecule has 3 atom stereocenters. The molecule has 1 aliphatic heterocycles. The lowest BCUT2D eigenvalue weighted by Crippen LogP contribution is -2.47. The third kappa shape index (κ3) is 4.76. The fraction of sp³-hybridized carbons (Fsp3) is 0.429. The second-order valence-electron chi connectivity index (χ2n) is 10.5. The molecule has 2 aromatic rings. The van der Waals surface area contributed by atoms with Gasteiger partial charge in [-0.2, -0.15) is 0 Å². The Bertz CT molecular complexity index is 1290. The van der Waals surface area contributed by atoms with Crippen molar-refractivity contribution in [2.45, 2.75) is 63.8 Å². The number of fused-ring (bicyclic) bond motifs is 2. The molecule has 0 radical (unpaired) electrons. The van der Waals surface area contributed by atoms with Crippen LogP contribution in [0, 0.1) is 11.7 Å². The number of halogens is 1. The summed E-state index contributed by atoms with van der Waals surface area (Å²) < 4.78 is 19.1. The van der Waals surface area contributed by atoms with E-state index in [0.29, 0.717) is 23.6 Å². The molecule has 3 unspecified atom stereocenters. The molecule has 0 bridgehead atoms. The molecular weight excluding hydrogens is 491 g/mol. The number of nitrogens with zero attached hydrogens (tertiary/aromatic N) is 2. The van der Waals surface area contributed by atoms with Crippen molar-refractivity contribution in [1.29, 1.82) is 0 Å². The number of aryl methyl sites for hydroxylation is 1. The summed E-state index contributed by atoms with van der Waals surface area (Å²) in [7, 11) is 0. The van der Waals surface area contributed by atoms with Gasteiger partial charge in [-0.3, -0.25) is 14.4 Å². The molecule has 3 aliphatic rings. The van der Waals surface area contributed by atoms with Crippen LogP contribution in [0.2, 0.25) is 0 Å². The summed E-state index contributed by atoms with van der Waals surface area (Å²) >= 11 is 0. The van der Waals surface area contributed by atoms with Gasteiger partial charge in [0.1, 0.15) is 12.4 Å². The Kier molecular flexibility index (Phi) is 6.68. The minimum Gasteiger partial charge on any atom is -0.427 e. The normalized spacial score (nSPS) is 21.7. The van der Waals surface area contributed by atoms with Gasteiger partial charge in [0, 0.05) is 30.3 Å². The van der Waals surface area contributed by atoms with Gasteiger partial charge in [0.05, 0.1) is 6.04 Å². The fourth-order valence-corrected chi connectivity index (χ4v) is 5.29. The van der Waals surface area contributed by atoms with Crippen LogP contribution in [0.15, 0.2) is 42.5 Å². The maximum Gasteiger partial charge on any atom is 0.418 e. The molecular formula is C28H31FN4O5. The smallest absolute Gasteiger partial charge is 0.418 e. The monoisotopic (exact) mass is 522 g/mol. The van der Waals surface area contributed by atoms with Crippen LogP contribution < -0.4 is 11.1 Å². The SMILES string of the molecule is CC(N)C(=O)Nc1ccc2c(c1)CCC21OC(=O)N(CC(=O)N(Cc2ccc(F)cc2)C(C)C2CC2)C1=O. The topological polar surface area (TPSA) is 122 Å². The highest BCUT2D eigenvalue weighted by Gasteiger charge is 2.58. The predicted molar refractivity (Wildman–Crippen MR) is 136 cm³/mol. The maximum atomic E-state index is 13.6. The second-order valence-corrected chi connectivity index (χ2v) is 10.5. The number of benzene rings is 2. The molecule has 9 nitrogen and oxygen atoms in total. The van der Waals surface area contributed by atoms with Crippen molar-refractivity contribution >= 4 is 29.5 Å². The summed E-state index contributed by atoms with van der Waals surface area (Å²) in [6, 6.07) is 10.2. The highest BCUT2D eigenvalue weighted by molar-refractivity contribution is 6.06. The average Bonchev–Trinajstić information content (AvgIpc) is 3.64. The zero-order chi connectivity index (χ0) is 27.2. The minimum atomic E-state index is -1.49. The number of nitrogens with two attached hydrogens (primary N) is 1. The third-order valence-electron chi connectivity index (χ3n) is 7.72. The zero-order valence-corrected chi connectivity index (χ0v) is 21.4. The highest BCUT2D eigenvalue weighted by Crippen LogP contribution is 2.46. The zero-order valence-electron chi connectivity index (χ0n) is 21.4. The van der Waals surface area contributed by atoms with E-state index in [2.05, 4.69) is 5.32 Å². The minimum absolute atomic E-state index is 0.0904. The molecule has 1 heterocycles. The van der Waals surface area contributed by atoms with Crippen molar-refractivity contribution in [3.05, 3.63) is 65.0 Å². The molecule has 0 aromatic heterocycles. The van der Waals surface area contributed by atoms with Gasteiger partial charge in [-0.1, -0.05) is 18.2 Å². The van der Waals surface area contributed by atoms with E-state index in [9.17, 15) is 23.6 Å². The van der Waals surface area contributed by atoms with Gasteiger partial charge >= 0.3 is 6.09 Å². The summed E-state index contributed by atoms with van der Waals surface area (Å²) in [5.74, 6) is -1.29. The summed E-state index contributed by atoms with van der Waals surface area (Å²) in [5, 5.41) is 2.73. The van der Waals surface area contributed by atoms with Crippen LogP contribution in [0.3, 0.4) is 0 Å². The third-order valence-corrected chi connectivity index (χ3v) is 7.72. The van der Waals surface area contributed by atoms with E-state index in [-0.39, 0.29) is 36.6 Å². The van der Waals surface area contributed by atoms with Gasteiger partial charge < -0.3 is 20.7 Å². The summed E-state index contributed by atoms with van der Waals surface area (Å²) in [6.45, 7) is 3.35. The Morgan fingerprint density at radius 3 is 2.55 bits per heavy atom. The summed E-state index contributed by atoms with van der Waals surface area (Å²) in [5.41, 5.74) is 6.77. The first-order valence-corrected chi connectivity index (χ1v) is 12.9. The van der Waals surface area contributed by atoms with Crippen LogP contribution in [0.5, 0.6) is 0 Å². The van der Waals surface area contributed by atoms with Crippen LogP contribution in [0.1, 0.15) is 49.8 Å². The molecule has 200 valence electrons. The lowest BCUT2D eigenvalue weighted by Gasteiger charge is -2.30. The van der Waals surface area contributed by atoms with E-state index in [4.69, 9.17) is 10.5 Å². The number of ether oxygens (including phenoxy) is 1. The molecule has 2 aliphatic carbocycles. The molecule has 2 fully saturated rings. The lowest BCUT2D eigenvalue weighted by molar-refractivity contribution is -0.143. The molecule has 10 heteroatoms. The maximum absolute atomic E-state index is 13.6. The van der Waals surface area contributed by atoms with Crippen LogP contribution in [-0.4, -0.2) is 52.2 Å². The van der Waals surface area contributed by atoms with Gasteiger partial charge in [-0.25, -0.2) is 14.1 Å². The molecule has 4 amide bonds. The van der Waals surface area contributed by atoms with E-state index in [1.165, 1.54) is 12.1 Å². The Morgan fingerprint density at radius 1 is 1.18 bits per heavy atom. The number of anilines is 1. The van der Waals surface area contributed by atoms with Gasteiger partial charge in [-0.15, -0.1) is 0 Å². The molecule has 5 rings (SSSR count). The molecule has 3 N–H and O–H groups in total. The number of rotatable bonds is 8. The Morgan fingerprint density at radius 2 is 1.89 bits per heavy atom. The van der Waals surface area contributed by atoms with E-state index in [0.717, 1.165) is 28.9 Å². The van der Waals surface area contributed by atoms with E-state index < -0.39 is 30.2 Å². The standard InChI is InChI=1S/C28H31FN4O5/c1-16(30)25(35)31-22-9-10-23-20(13-22)11-12-28(23)26(36)33(27(37)38-28)15-24(34)32(17(2)19-5-6-19)14-18-3-7-21(29)8-4-18/h3-4,7-10,13,16-17,19H,5-6,11-12,14-15,30H2,1-2H3,(H,31,35). The predicted octanol–water partition coefficient (Wildman–Crippen LogP) is 3.06. The number of imide groups is 1. The van der Waals surface area contributed by atoms with Gasteiger partial charge in [0.2, 0.25) is 17.4 Å². The van der Waals surface area contributed by atoms with Crippen molar-refractivity contribution in [1.82, 2.24) is 9.80 Å². The van der Waals surface area contributed by atoms with Crippen molar-refractivity contribution in [3.63, 3.8) is 0 Å². The first kappa shape index (κ1) is 25.8. The average molecular weight is 523 g/mol. The highest BCUT2D eigenvalue weighted by atomic mass is 19.1. The van der Waals surface area contributed by atoms with E-state index in [1.807, 2.05) is 6.92 Å². The van der Waals surface area contributed by atoms with E-state index in [1.54, 1.807) is 42.2 Å². The van der Waals surface area contributed by atoms with Gasteiger partial charge in [0.15, 0.2) is 0 Å². The number of nitrogens with one attached hydrogen (secondary N) is 1. The first-order chi connectivity index (χ1) is 18.1. The van der Waals surface area contributed by atoms with Crippen molar-refractivity contribution in [3.8, 4) is 0 Å². The molecule has 1 saturated heterocycles. The summed E-state index contributed by atoms with van der Waals surface area (Å²) in [4.78, 5) is 54.5. The van der Waals surface area contributed by atoms with E-state index >= 15 is 0 Å².